The van der Waals surface area contributed by atoms with Crippen LogP contribution >= 0.6 is 15.6 Å². The van der Waals surface area contributed by atoms with Crippen molar-refractivity contribution < 1.29 is 80.2 Å². The first-order valence-corrected chi connectivity index (χ1v) is 42.0. The maximum absolute atomic E-state index is 13.1. The van der Waals surface area contributed by atoms with E-state index >= 15 is 0 Å². The van der Waals surface area contributed by atoms with Crippen LogP contribution in [0, 0.1) is 11.8 Å². The topological polar surface area (TPSA) is 237 Å². The fourth-order valence-electron chi connectivity index (χ4n) is 11.5. The zero-order chi connectivity index (χ0) is 69.3. The minimum absolute atomic E-state index is 0.105. The molecule has 0 heterocycles. The molecule has 0 aromatic carbocycles. The molecule has 0 saturated heterocycles. The normalized spacial score (nSPS) is 14.0. The van der Waals surface area contributed by atoms with Crippen molar-refractivity contribution in [2.45, 2.75) is 407 Å². The first kappa shape index (κ1) is 92.1. The van der Waals surface area contributed by atoms with Gasteiger partial charge in [0.1, 0.15) is 19.3 Å². The molecular formula is C75H146O17P2. The summed E-state index contributed by atoms with van der Waals surface area (Å²) in [5, 5.41) is 10.6. The summed E-state index contributed by atoms with van der Waals surface area (Å²) in [6.45, 7) is 9.51. The highest BCUT2D eigenvalue weighted by atomic mass is 31.2. The molecule has 0 rings (SSSR count). The van der Waals surface area contributed by atoms with Gasteiger partial charge in [0, 0.05) is 25.7 Å². The maximum atomic E-state index is 13.1. The Bertz CT molecular complexity index is 1820. The summed E-state index contributed by atoms with van der Waals surface area (Å²) >= 11 is 0. The van der Waals surface area contributed by atoms with Crippen LogP contribution in [0.5, 0.6) is 0 Å². The number of phosphoric ester groups is 2. The first-order valence-electron chi connectivity index (χ1n) is 39.0. The van der Waals surface area contributed by atoms with Crippen molar-refractivity contribution in [3.8, 4) is 0 Å². The molecule has 0 fully saturated rings. The number of carbonyl (C=O) groups excluding carboxylic acids is 4. The van der Waals surface area contributed by atoms with Crippen molar-refractivity contribution in [2.75, 3.05) is 39.6 Å². The molecule has 0 amide bonds. The van der Waals surface area contributed by atoms with Crippen molar-refractivity contribution in [1.29, 1.82) is 0 Å². The van der Waals surface area contributed by atoms with Gasteiger partial charge in [-0.25, -0.2) is 9.13 Å². The molecule has 0 aromatic heterocycles. The predicted octanol–water partition coefficient (Wildman–Crippen LogP) is 21.9. The highest BCUT2D eigenvalue weighted by Crippen LogP contribution is 2.45. The molecule has 19 heteroatoms. The fourth-order valence-corrected chi connectivity index (χ4v) is 13.1. The molecule has 558 valence electrons. The highest BCUT2D eigenvalue weighted by Gasteiger charge is 2.30. The number of phosphoric acid groups is 2. The lowest BCUT2D eigenvalue weighted by Gasteiger charge is -2.21. The van der Waals surface area contributed by atoms with Crippen LogP contribution < -0.4 is 0 Å². The van der Waals surface area contributed by atoms with Crippen LogP contribution in [0.2, 0.25) is 0 Å². The van der Waals surface area contributed by atoms with E-state index in [2.05, 4.69) is 41.5 Å². The van der Waals surface area contributed by atoms with Crippen LogP contribution in [0.1, 0.15) is 388 Å². The third kappa shape index (κ3) is 68.6. The van der Waals surface area contributed by atoms with E-state index in [1.54, 1.807) is 0 Å². The van der Waals surface area contributed by atoms with Gasteiger partial charge in [-0.15, -0.1) is 0 Å². The quantitative estimate of drug-likeness (QED) is 0.0222. The number of carbonyl (C=O) groups is 4. The van der Waals surface area contributed by atoms with E-state index in [0.29, 0.717) is 25.7 Å². The van der Waals surface area contributed by atoms with Crippen molar-refractivity contribution in [3.63, 3.8) is 0 Å². The molecule has 0 spiro atoms. The summed E-state index contributed by atoms with van der Waals surface area (Å²) in [5.41, 5.74) is 0. The lowest BCUT2D eigenvalue weighted by Crippen LogP contribution is -2.30. The molecular weight excluding hydrogens is 1230 g/mol. The first-order chi connectivity index (χ1) is 45.4. The second-order valence-electron chi connectivity index (χ2n) is 28.0. The maximum Gasteiger partial charge on any atom is 0.472 e. The molecule has 0 bridgehead atoms. The van der Waals surface area contributed by atoms with Gasteiger partial charge < -0.3 is 33.8 Å². The Kier molecular flexibility index (Phi) is 65.5. The molecule has 0 aliphatic heterocycles. The van der Waals surface area contributed by atoms with E-state index < -0.39 is 97.5 Å². The van der Waals surface area contributed by atoms with E-state index in [4.69, 9.17) is 37.0 Å². The van der Waals surface area contributed by atoms with Gasteiger partial charge in [-0.2, -0.15) is 0 Å². The van der Waals surface area contributed by atoms with E-state index in [9.17, 15) is 43.2 Å². The van der Waals surface area contributed by atoms with Gasteiger partial charge in [0.05, 0.1) is 26.4 Å². The Morgan fingerprint density at radius 3 is 0.723 bits per heavy atom. The Morgan fingerprint density at radius 1 is 0.287 bits per heavy atom. The van der Waals surface area contributed by atoms with Gasteiger partial charge in [-0.1, -0.05) is 337 Å². The Hall–Kier alpha value is -1.94. The molecule has 0 aromatic rings. The van der Waals surface area contributed by atoms with Gasteiger partial charge in [0.2, 0.25) is 0 Å². The van der Waals surface area contributed by atoms with Crippen molar-refractivity contribution in [1.82, 2.24) is 0 Å². The molecule has 0 saturated carbocycles. The van der Waals surface area contributed by atoms with Gasteiger partial charge in [0.25, 0.3) is 0 Å². The molecule has 0 aliphatic rings. The van der Waals surface area contributed by atoms with Crippen LogP contribution in [0.15, 0.2) is 0 Å². The number of rotatable bonds is 74. The van der Waals surface area contributed by atoms with Gasteiger partial charge in [-0.3, -0.25) is 37.3 Å². The average molecular weight is 1380 g/mol. The smallest absolute Gasteiger partial charge is 0.462 e. The summed E-state index contributed by atoms with van der Waals surface area (Å²) in [5.74, 6) is -0.572. The number of aliphatic hydroxyl groups excluding tert-OH is 1. The summed E-state index contributed by atoms with van der Waals surface area (Å²) in [6, 6.07) is 0. The SMILES string of the molecule is CCCCCCCCCCCCCCCCCCC(=O)OC[C@H](COP(=O)(O)OC[C@@H](O)COP(=O)(O)OC[C@@H](COC(=O)CCCCCCC)OC(=O)CCCCCCCCCCCC(C)C)OC(=O)CCCCCCCCCCCCCCCCCCCCC(C)C. The van der Waals surface area contributed by atoms with Crippen LogP contribution in [-0.2, 0) is 65.4 Å². The third-order valence-electron chi connectivity index (χ3n) is 17.5. The minimum atomic E-state index is -4.95. The summed E-state index contributed by atoms with van der Waals surface area (Å²) in [4.78, 5) is 72.5. The summed E-state index contributed by atoms with van der Waals surface area (Å²) in [7, 11) is -9.90. The third-order valence-corrected chi connectivity index (χ3v) is 19.4. The number of ether oxygens (including phenoxy) is 4. The van der Waals surface area contributed by atoms with Crippen LogP contribution in [0.25, 0.3) is 0 Å². The molecule has 5 atom stereocenters. The Morgan fingerprint density at radius 2 is 0.489 bits per heavy atom. The fraction of sp³-hybridized carbons (Fsp3) is 0.947. The standard InChI is InChI=1S/C75H146O17P2/c1-7-9-11-13-14-15-16-17-18-24-27-30-35-40-46-52-58-73(78)86-64-71(92-74(79)59-53-47-41-36-31-28-25-22-20-19-21-23-26-29-33-38-44-49-55-67(3)4)66-90-94(83,84)88-62-69(76)61-87-93(81,82)89-65-70(63-85-72(77)57-51-43-12-10-8-2)91-75(80)60-54-48-42-37-32-34-39-45-50-56-68(5)6/h67-71,76H,7-66H2,1-6H3,(H,81,82)(H,83,84)/t69-,70+,71+/m0/s1. The van der Waals surface area contributed by atoms with Crippen LogP contribution in [0.3, 0.4) is 0 Å². The zero-order valence-electron chi connectivity index (χ0n) is 61.3. The lowest BCUT2D eigenvalue weighted by molar-refractivity contribution is -0.161. The van der Waals surface area contributed by atoms with Crippen LogP contribution in [0.4, 0.5) is 0 Å². The Labute approximate surface area is 575 Å². The van der Waals surface area contributed by atoms with Gasteiger partial charge >= 0.3 is 39.5 Å². The molecule has 94 heavy (non-hydrogen) atoms. The molecule has 3 N–H and O–H groups in total. The average Bonchev–Trinajstić information content (AvgIpc) is 1.79. The van der Waals surface area contributed by atoms with Gasteiger partial charge in [0.15, 0.2) is 12.2 Å². The number of hydrogen-bond acceptors (Lipinski definition) is 15. The van der Waals surface area contributed by atoms with Crippen molar-refractivity contribution >= 4 is 39.5 Å². The predicted molar refractivity (Wildman–Crippen MR) is 381 cm³/mol. The number of unbranched alkanes of at least 4 members (excludes halogenated alkanes) is 44. The number of esters is 4. The minimum Gasteiger partial charge on any atom is -0.462 e. The highest BCUT2D eigenvalue weighted by molar-refractivity contribution is 7.47. The summed E-state index contributed by atoms with van der Waals surface area (Å²) in [6.07, 6.45) is 54.6. The number of hydrogen-bond donors (Lipinski definition) is 3. The monoisotopic (exact) mass is 1380 g/mol. The largest absolute Gasteiger partial charge is 0.472 e. The van der Waals surface area contributed by atoms with Crippen molar-refractivity contribution in [3.05, 3.63) is 0 Å². The Balaban J connectivity index is 5.12. The van der Waals surface area contributed by atoms with Crippen molar-refractivity contribution in [2.24, 2.45) is 11.8 Å². The summed E-state index contributed by atoms with van der Waals surface area (Å²) < 4.78 is 68.2. The molecule has 0 aliphatic carbocycles. The van der Waals surface area contributed by atoms with Crippen LogP contribution in [-0.4, -0.2) is 96.7 Å². The second-order valence-corrected chi connectivity index (χ2v) is 30.9. The van der Waals surface area contributed by atoms with E-state index in [1.165, 1.54) is 199 Å². The van der Waals surface area contributed by atoms with Gasteiger partial charge in [-0.05, 0) is 37.5 Å². The zero-order valence-corrected chi connectivity index (χ0v) is 63.1. The molecule has 17 nitrogen and oxygen atoms in total. The number of aliphatic hydroxyl groups is 1. The van der Waals surface area contributed by atoms with E-state index in [1.807, 2.05) is 0 Å². The molecule has 2 unspecified atom stereocenters. The van der Waals surface area contributed by atoms with E-state index in [-0.39, 0.29) is 25.7 Å². The lowest BCUT2D eigenvalue weighted by atomic mass is 10.0. The second kappa shape index (κ2) is 66.9. The van der Waals surface area contributed by atoms with E-state index in [0.717, 1.165) is 108 Å². The molecule has 0 radical (unpaired) electrons.